The summed E-state index contributed by atoms with van der Waals surface area (Å²) in [5, 5.41) is 0. The summed E-state index contributed by atoms with van der Waals surface area (Å²) in [4.78, 5) is 11.5. The van der Waals surface area contributed by atoms with Gasteiger partial charge in [0.25, 0.3) is 0 Å². The Balaban J connectivity index is 2.03. The van der Waals surface area contributed by atoms with Crippen molar-refractivity contribution in [2.75, 3.05) is 6.61 Å². The zero-order valence-corrected chi connectivity index (χ0v) is 7.80. The Labute approximate surface area is 73.3 Å². The molecule has 2 aliphatic rings. The maximum Gasteiger partial charge on any atom is 0.139 e. The highest BCUT2D eigenvalue weighted by Crippen LogP contribution is 2.56. The second-order valence-corrected chi connectivity index (χ2v) is 4.18. The average molecular weight is 168 g/mol. The van der Waals surface area contributed by atoms with Crippen LogP contribution in [0.15, 0.2) is 0 Å². The van der Waals surface area contributed by atoms with Crippen molar-refractivity contribution in [2.45, 2.75) is 39.2 Å². The standard InChI is InChI=1S/C10H16O2/c1-3-12-8-6-10(2)7(8)4-5-9(10)11/h7-8H,3-6H2,1-2H3. The molecule has 2 aliphatic carbocycles. The first kappa shape index (κ1) is 8.24. The molecule has 2 saturated carbocycles. The minimum atomic E-state index is -0.000162. The van der Waals surface area contributed by atoms with Gasteiger partial charge >= 0.3 is 0 Å². The third kappa shape index (κ3) is 0.875. The molecule has 68 valence electrons. The zero-order chi connectivity index (χ0) is 8.77. The lowest BCUT2D eigenvalue weighted by Crippen LogP contribution is -2.50. The Morgan fingerprint density at radius 2 is 2.42 bits per heavy atom. The fourth-order valence-electron chi connectivity index (χ4n) is 2.75. The molecule has 0 heterocycles. The van der Waals surface area contributed by atoms with Crippen LogP contribution in [-0.2, 0) is 9.53 Å². The van der Waals surface area contributed by atoms with Crippen molar-refractivity contribution < 1.29 is 9.53 Å². The van der Waals surface area contributed by atoms with Crippen molar-refractivity contribution in [2.24, 2.45) is 11.3 Å². The van der Waals surface area contributed by atoms with Gasteiger partial charge in [-0.3, -0.25) is 4.79 Å². The SMILES string of the molecule is CCOC1CC2(C)C(=O)CCC12. The van der Waals surface area contributed by atoms with Crippen molar-refractivity contribution in [3.8, 4) is 0 Å². The lowest BCUT2D eigenvalue weighted by Gasteiger charge is -2.47. The summed E-state index contributed by atoms with van der Waals surface area (Å²) >= 11 is 0. The molecule has 2 rings (SSSR count). The van der Waals surface area contributed by atoms with Crippen molar-refractivity contribution in [1.29, 1.82) is 0 Å². The fourth-order valence-corrected chi connectivity index (χ4v) is 2.75. The zero-order valence-electron chi connectivity index (χ0n) is 7.80. The molecule has 0 bridgehead atoms. The van der Waals surface area contributed by atoms with E-state index in [2.05, 4.69) is 6.92 Å². The Morgan fingerprint density at radius 3 is 3.00 bits per heavy atom. The number of carbonyl (C=O) groups excluding carboxylic acids is 1. The van der Waals surface area contributed by atoms with Crippen molar-refractivity contribution in [3.05, 3.63) is 0 Å². The van der Waals surface area contributed by atoms with E-state index in [0.717, 1.165) is 25.9 Å². The van der Waals surface area contributed by atoms with Crippen LogP contribution in [0.1, 0.15) is 33.1 Å². The van der Waals surface area contributed by atoms with E-state index in [1.807, 2.05) is 6.92 Å². The maximum atomic E-state index is 11.5. The molecule has 3 unspecified atom stereocenters. The number of hydrogen-bond donors (Lipinski definition) is 0. The van der Waals surface area contributed by atoms with Gasteiger partial charge in [0, 0.05) is 18.4 Å². The predicted molar refractivity (Wildman–Crippen MR) is 45.9 cm³/mol. The summed E-state index contributed by atoms with van der Waals surface area (Å²) in [5.74, 6) is 0.994. The first-order chi connectivity index (χ1) is 5.68. The number of fused-ring (bicyclic) bond motifs is 1. The maximum absolute atomic E-state index is 11.5. The molecule has 0 aromatic rings. The van der Waals surface area contributed by atoms with Gasteiger partial charge in [0.1, 0.15) is 5.78 Å². The van der Waals surface area contributed by atoms with Gasteiger partial charge in [0.15, 0.2) is 0 Å². The molecule has 2 heteroatoms. The third-order valence-corrected chi connectivity index (χ3v) is 3.59. The quantitative estimate of drug-likeness (QED) is 0.628. The average Bonchev–Trinajstić information content (AvgIpc) is 2.22. The molecule has 0 N–H and O–H groups in total. The molecule has 0 aromatic carbocycles. The molecule has 3 atom stereocenters. The number of Topliss-reactive ketones (excluding diaryl/α,β-unsaturated/α-hetero) is 1. The van der Waals surface area contributed by atoms with E-state index in [9.17, 15) is 4.79 Å². The first-order valence-electron chi connectivity index (χ1n) is 4.83. The summed E-state index contributed by atoms with van der Waals surface area (Å²) in [6.45, 7) is 4.90. The van der Waals surface area contributed by atoms with Crippen molar-refractivity contribution in [3.63, 3.8) is 0 Å². The summed E-state index contributed by atoms with van der Waals surface area (Å²) in [7, 11) is 0. The van der Waals surface area contributed by atoms with E-state index < -0.39 is 0 Å². The van der Waals surface area contributed by atoms with Gasteiger partial charge in [-0.15, -0.1) is 0 Å². The molecule has 2 nitrogen and oxygen atoms in total. The van der Waals surface area contributed by atoms with Crippen molar-refractivity contribution in [1.82, 2.24) is 0 Å². The number of ether oxygens (including phenoxy) is 1. The van der Waals surface area contributed by atoms with Crippen LogP contribution in [0.2, 0.25) is 0 Å². The van der Waals surface area contributed by atoms with Crippen LogP contribution in [0, 0.1) is 11.3 Å². The smallest absolute Gasteiger partial charge is 0.139 e. The predicted octanol–water partition coefficient (Wildman–Crippen LogP) is 1.78. The minimum Gasteiger partial charge on any atom is -0.378 e. The van der Waals surface area contributed by atoms with Crippen LogP contribution < -0.4 is 0 Å². The summed E-state index contributed by atoms with van der Waals surface area (Å²) in [6.07, 6.45) is 3.18. The van der Waals surface area contributed by atoms with Gasteiger partial charge in [-0.2, -0.15) is 0 Å². The Kier molecular flexibility index (Phi) is 1.76. The van der Waals surface area contributed by atoms with Crippen LogP contribution in [0.3, 0.4) is 0 Å². The van der Waals surface area contributed by atoms with Crippen LogP contribution in [0.5, 0.6) is 0 Å². The molecule has 2 fully saturated rings. The number of hydrogen-bond acceptors (Lipinski definition) is 2. The topological polar surface area (TPSA) is 26.3 Å². The van der Waals surface area contributed by atoms with Crippen LogP contribution in [0.4, 0.5) is 0 Å². The highest BCUT2D eigenvalue weighted by molar-refractivity contribution is 5.88. The van der Waals surface area contributed by atoms with E-state index in [-0.39, 0.29) is 5.41 Å². The van der Waals surface area contributed by atoms with E-state index in [1.54, 1.807) is 0 Å². The van der Waals surface area contributed by atoms with Gasteiger partial charge in [0.05, 0.1) is 6.10 Å². The number of ketones is 1. The number of carbonyl (C=O) groups is 1. The van der Waals surface area contributed by atoms with E-state index in [4.69, 9.17) is 4.74 Å². The third-order valence-electron chi connectivity index (χ3n) is 3.59. The normalized spacial score (nSPS) is 45.7. The largest absolute Gasteiger partial charge is 0.378 e. The molecular weight excluding hydrogens is 152 g/mol. The fraction of sp³-hybridized carbons (Fsp3) is 0.900. The summed E-state index contributed by atoms with van der Waals surface area (Å²) in [6, 6.07) is 0. The lowest BCUT2D eigenvalue weighted by atomic mass is 9.61. The van der Waals surface area contributed by atoms with Crippen LogP contribution in [0.25, 0.3) is 0 Å². The van der Waals surface area contributed by atoms with E-state index in [1.165, 1.54) is 0 Å². The van der Waals surface area contributed by atoms with Gasteiger partial charge in [0.2, 0.25) is 0 Å². The van der Waals surface area contributed by atoms with Crippen LogP contribution >= 0.6 is 0 Å². The van der Waals surface area contributed by atoms with Gasteiger partial charge in [-0.25, -0.2) is 0 Å². The second kappa shape index (κ2) is 2.56. The molecule has 0 aromatic heterocycles. The van der Waals surface area contributed by atoms with E-state index in [0.29, 0.717) is 17.8 Å². The minimum absolute atomic E-state index is 0.000162. The summed E-state index contributed by atoms with van der Waals surface area (Å²) in [5.41, 5.74) is -0.000162. The molecule has 0 amide bonds. The monoisotopic (exact) mass is 168 g/mol. The second-order valence-electron chi connectivity index (χ2n) is 4.18. The molecule has 0 radical (unpaired) electrons. The van der Waals surface area contributed by atoms with Crippen molar-refractivity contribution >= 4 is 5.78 Å². The summed E-state index contributed by atoms with van der Waals surface area (Å²) < 4.78 is 5.55. The van der Waals surface area contributed by atoms with Crippen LogP contribution in [-0.4, -0.2) is 18.5 Å². The lowest BCUT2D eigenvalue weighted by molar-refractivity contribution is -0.150. The molecule has 0 aliphatic heterocycles. The van der Waals surface area contributed by atoms with Gasteiger partial charge < -0.3 is 4.74 Å². The molecule has 12 heavy (non-hydrogen) atoms. The van der Waals surface area contributed by atoms with Gasteiger partial charge in [-0.05, 0) is 25.7 Å². The number of rotatable bonds is 2. The highest BCUT2D eigenvalue weighted by Gasteiger charge is 2.58. The van der Waals surface area contributed by atoms with E-state index >= 15 is 0 Å². The molecule has 0 spiro atoms. The Morgan fingerprint density at radius 1 is 1.67 bits per heavy atom. The molecule has 0 saturated heterocycles. The Bertz CT molecular complexity index is 212. The van der Waals surface area contributed by atoms with Gasteiger partial charge in [-0.1, -0.05) is 6.92 Å². The molecular formula is C10H16O2. The Hall–Kier alpha value is -0.370. The highest BCUT2D eigenvalue weighted by atomic mass is 16.5. The first-order valence-corrected chi connectivity index (χ1v) is 4.83.